The van der Waals surface area contributed by atoms with Crippen molar-refractivity contribution in [3.63, 3.8) is 0 Å². The second-order valence-corrected chi connectivity index (χ2v) is 16.5. The van der Waals surface area contributed by atoms with Gasteiger partial charge >= 0.3 is 0 Å². The fourth-order valence-corrected chi connectivity index (χ4v) is 9.71. The summed E-state index contributed by atoms with van der Waals surface area (Å²) in [6.45, 7) is 4.76. The number of anilines is 3. The van der Waals surface area contributed by atoms with Gasteiger partial charge in [-0.15, -0.1) is 0 Å². The zero-order valence-electron chi connectivity index (χ0n) is 33.8. The summed E-state index contributed by atoms with van der Waals surface area (Å²) >= 11 is 0. The van der Waals surface area contributed by atoms with Gasteiger partial charge in [-0.25, -0.2) is 0 Å². The van der Waals surface area contributed by atoms with Crippen molar-refractivity contribution in [2.75, 3.05) is 4.90 Å². The number of benzene rings is 10. The van der Waals surface area contributed by atoms with Gasteiger partial charge in [-0.3, -0.25) is 0 Å². The second kappa shape index (κ2) is 14.4. The summed E-state index contributed by atoms with van der Waals surface area (Å²) in [5.41, 5.74) is 18.2. The van der Waals surface area contributed by atoms with Gasteiger partial charge in [0.1, 0.15) is 0 Å². The van der Waals surface area contributed by atoms with Gasteiger partial charge in [0.15, 0.2) is 0 Å². The molecule has 284 valence electrons. The number of hydrogen-bond donors (Lipinski definition) is 0. The second-order valence-electron chi connectivity index (χ2n) is 16.5. The summed E-state index contributed by atoms with van der Waals surface area (Å²) in [7, 11) is 0. The van der Waals surface area contributed by atoms with Gasteiger partial charge < -0.3 is 4.90 Å². The van der Waals surface area contributed by atoms with Crippen LogP contribution in [0.1, 0.15) is 25.0 Å². The molecule has 1 aliphatic rings. The van der Waals surface area contributed by atoms with E-state index < -0.39 is 0 Å². The summed E-state index contributed by atoms with van der Waals surface area (Å²) in [5.74, 6) is 0. The summed E-state index contributed by atoms with van der Waals surface area (Å²) in [4.78, 5) is 2.51. The molecule has 1 nitrogen and oxygen atoms in total. The number of hydrogen-bond acceptors (Lipinski definition) is 1. The van der Waals surface area contributed by atoms with E-state index in [4.69, 9.17) is 0 Å². The molecule has 0 radical (unpaired) electrons. The Balaban J connectivity index is 1.16. The fraction of sp³-hybridized carbons (Fsp3) is 0.0508. The molecule has 10 aromatic carbocycles. The molecule has 0 bridgehead atoms. The van der Waals surface area contributed by atoms with Crippen molar-refractivity contribution in [2.45, 2.75) is 19.3 Å². The Labute approximate surface area is 352 Å². The minimum absolute atomic E-state index is 0.174. The Kier molecular flexibility index (Phi) is 8.57. The molecule has 1 heteroatoms. The minimum Gasteiger partial charge on any atom is -0.310 e. The molecule has 10 aromatic rings. The van der Waals surface area contributed by atoms with Gasteiger partial charge in [0, 0.05) is 22.4 Å². The fourth-order valence-electron chi connectivity index (χ4n) is 9.71. The van der Waals surface area contributed by atoms with Crippen LogP contribution in [-0.2, 0) is 5.41 Å². The molecule has 0 amide bonds. The van der Waals surface area contributed by atoms with Crippen LogP contribution in [0.25, 0.3) is 77.2 Å². The maximum Gasteiger partial charge on any atom is 0.0543 e. The number of rotatable bonds is 7. The zero-order chi connectivity index (χ0) is 40.2. The molecular weight excluding hydrogens is 723 g/mol. The van der Waals surface area contributed by atoms with Crippen LogP contribution >= 0.6 is 0 Å². The van der Waals surface area contributed by atoms with Gasteiger partial charge in [0.25, 0.3) is 0 Å². The van der Waals surface area contributed by atoms with Crippen molar-refractivity contribution in [3.8, 4) is 55.6 Å². The predicted octanol–water partition coefficient (Wildman–Crippen LogP) is 16.4. The van der Waals surface area contributed by atoms with Crippen molar-refractivity contribution in [1.82, 2.24) is 0 Å². The van der Waals surface area contributed by atoms with E-state index in [1.807, 2.05) is 0 Å². The first-order valence-corrected chi connectivity index (χ1v) is 20.9. The predicted molar refractivity (Wildman–Crippen MR) is 255 cm³/mol. The molecule has 0 aliphatic heterocycles. The van der Waals surface area contributed by atoms with Crippen molar-refractivity contribution >= 4 is 38.6 Å². The topological polar surface area (TPSA) is 3.24 Å². The maximum atomic E-state index is 2.51. The molecule has 0 saturated heterocycles. The van der Waals surface area contributed by atoms with Crippen LogP contribution in [0, 0.1) is 0 Å². The standard InChI is InChI=1S/C59H43N/c1-59(2)53-29-16-30-55(58(53)57-52-26-13-12-23-43(52)33-36-54(57)59)60(49-38-46(40-17-6-3-7-18-40)37-47(39-49)41-19-8-4-9-20-41)48-34-31-44(32-35-48)51-28-15-25-45-24-14-27-50(56(45)51)42-21-10-5-11-22-42/h3-39H,1-2H3. The van der Waals surface area contributed by atoms with Crippen LogP contribution in [0.4, 0.5) is 17.1 Å². The first-order valence-electron chi connectivity index (χ1n) is 20.9. The van der Waals surface area contributed by atoms with Crippen LogP contribution in [0.2, 0.25) is 0 Å². The minimum atomic E-state index is -0.174. The van der Waals surface area contributed by atoms with E-state index in [-0.39, 0.29) is 5.41 Å². The third-order valence-corrected chi connectivity index (χ3v) is 12.6. The number of fused-ring (bicyclic) bond motifs is 6. The van der Waals surface area contributed by atoms with Crippen LogP contribution in [0.5, 0.6) is 0 Å². The summed E-state index contributed by atoms with van der Waals surface area (Å²) in [6, 6.07) is 82.4. The molecule has 0 N–H and O–H groups in total. The van der Waals surface area contributed by atoms with Crippen molar-refractivity contribution in [1.29, 1.82) is 0 Å². The lowest BCUT2D eigenvalue weighted by molar-refractivity contribution is 0.661. The molecule has 1 aliphatic carbocycles. The molecular formula is C59H43N. The molecule has 0 aromatic heterocycles. The lowest BCUT2D eigenvalue weighted by Gasteiger charge is -2.30. The van der Waals surface area contributed by atoms with Crippen LogP contribution in [0.15, 0.2) is 224 Å². The Hall–Kier alpha value is -7.48. The van der Waals surface area contributed by atoms with Crippen molar-refractivity contribution in [3.05, 3.63) is 236 Å². The Morgan fingerprint density at radius 1 is 0.333 bits per heavy atom. The highest BCUT2D eigenvalue weighted by Gasteiger charge is 2.39. The lowest BCUT2D eigenvalue weighted by atomic mass is 9.82. The third-order valence-electron chi connectivity index (χ3n) is 12.6. The monoisotopic (exact) mass is 765 g/mol. The average Bonchev–Trinajstić information content (AvgIpc) is 3.56. The lowest BCUT2D eigenvalue weighted by Crippen LogP contribution is -2.16. The smallest absolute Gasteiger partial charge is 0.0543 e. The highest BCUT2D eigenvalue weighted by Crippen LogP contribution is 2.56. The first-order chi connectivity index (χ1) is 29.5. The average molecular weight is 766 g/mol. The summed E-state index contributed by atoms with van der Waals surface area (Å²) in [6.07, 6.45) is 0. The first kappa shape index (κ1) is 35.7. The normalized spacial score (nSPS) is 12.6. The van der Waals surface area contributed by atoms with Gasteiger partial charge in [-0.2, -0.15) is 0 Å². The van der Waals surface area contributed by atoms with Crippen LogP contribution in [0.3, 0.4) is 0 Å². The van der Waals surface area contributed by atoms with Gasteiger partial charge in [0.05, 0.1) is 5.69 Å². The quantitative estimate of drug-likeness (QED) is 0.156. The highest BCUT2D eigenvalue weighted by molar-refractivity contribution is 6.08. The molecule has 0 unspecified atom stereocenters. The summed E-state index contributed by atoms with van der Waals surface area (Å²) < 4.78 is 0. The Morgan fingerprint density at radius 2 is 0.850 bits per heavy atom. The van der Waals surface area contributed by atoms with Gasteiger partial charge in [-0.05, 0) is 119 Å². The SMILES string of the molecule is CC1(C)c2cccc(N(c3ccc(-c4cccc5cccc(-c6ccccc6)c45)cc3)c3cc(-c4ccccc4)cc(-c4ccccc4)c3)c2-c2c1ccc1ccccc21. The Morgan fingerprint density at radius 3 is 1.48 bits per heavy atom. The Bertz CT molecular complexity index is 3140. The maximum absolute atomic E-state index is 2.51. The highest BCUT2D eigenvalue weighted by atomic mass is 15.1. The van der Waals surface area contributed by atoms with Gasteiger partial charge in [-0.1, -0.05) is 202 Å². The molecule has 0 saturated carbocycles. The molecule has 0 spiro atoms. The van der Waals surface area contributed by atoms with Crippen molar-refractivity contribution < 1.29 is 0 Å². The van der Waals surface area contributed by atoms with E-state index in [2.05, 4.69) is 243 Å². The van der Waals surface area contributed by atoms with E-state index in [9.17, 15) is 0 Å². The zero-order valence-corrected chi connectivity index (χ0v) is 33.8. The number of nitrogens with zero attached hydrogens (tertiary/aromatic N) is 1. The molecule has 0 fully saturated rings. The molecule has 0 heterocycles. The van der Waals surface area contributed by atoms with E-state index in [0.717, 1.165) is 11.4 Å². The van der Waals surface area contributed by atoms with Crippen LogP contribution in [-0.4, -0.2) is 0 Å². The van der Waals surface area contributed by atoms with E-state index >= 15 is 0 Å². The van der Waals surface area contributed by atoms with E-state index in [1.54, 1.807) is 0 Å². The molecule has 0 atom stereocenters. The molecule has 60 heavy (non-hydrogen) atoms. The van der Waals surface area contributed by atoms with Crippen molar-refractivity contribution in [2.24, 2.45) is 0 Å². The largest absolute Gasteiger partial charge is 0.310 e. The van der Waals surface area contributed by atoms with E-state index in [1.165, 1.54) is 94.0 Å². The van der Waals surface area contributed by atoms with Gasteiger partial charge in [0.2, 0.25) is 0 Å². The molecule has 11 rings (SSSR count). The third kappa shape index (κ3) is 5.93. The van der Waals surface area contributed by atoms with Crippen LogP contribution < -0.4 is 4.90 Å². The summed E-state index contributed by atoms with van der Waals surface area (Å²) in [5, 5.41) is 5.05. The van der Waals surface area contributed by atoms with E-state index in [0.29, 0.717) is 0 Å².